The van der Waals surface area contributed by atoms with Crippen molar-refractivity contribution in [2.24, 2.45) is 4.99 Å². The number of fused-ring (bicyclic) bond motifs is 1. The molecule has 2 nitrogen and oxygen atoms in total. The molecule has 0 saturated heterocycles. The van der Waals surface area contributed by atoms with Crippen LogP contribution < -0.4 is 0 Å². The van der Waals surface area contributed by atoms with Crippen molar-refractivity contribution in [2.45, 2.75) is 6.18 Å². The Kier molecular flexibility index (Phi) is 3.02. The average Bonchev–Trinajstić information content (AvgIpc) is 2.87. The van der Waals surface area contributed by atoms with Crippen LogP contribution in [0.2, 0.25) is 5.02 Å². The normalized spacial score (nSPS) is 18.4. The Morgan fingerprint density at radius 2 is 2.11 bits per heavy atom. The predicted octanol–water partition coefficient (Wildman–Crippen LogP) is 4.08. The third kappa shape index (κ3) is 2.23. The number of benzene rings is 1. The van der Waals surface area contributed by atoms with E-state index in [4.69, 9.17) is 11.6 Å². The second-order valence-corrected chi connectivity index (χ2v) is 5.53. The summed E-state index contributed by atoms with van der Waals surface area (Å²) in [6.45, 7) is 1.39. The van der Waals surface area contributed by atoms with Gasteiger partial charge in [0.1, 0.15) is 0 Å². The highest BCUT2D eigenvalue weighted by Crippen LogP contribution is 2.45. The number of rotatable bonds is 1. The fourth-order valence-electron chi connectivity index (χ4n) is 2.04. The van der Waals surface area contributed by atoms with Crippen molar-refractivity contribution in [1.82, 2.24) is 4.90 Å². The van der Waals surface area contributed by atoms with Crippen LogP contribution >= 0.6 is 23.4 Å². The van der Waals surface area contributed by atoms with Gasteiger partial charge in [0.15, 0.2) is 5.17 Å². The molecule has 2 heterocycles. The molecule has 0 fully saturated rings. The zero-order valence-electron chi connectivity index (χ0n) is 9.54. The molecule has 2 aliphatic rings. The van der Waals surface area contributed by atoms with Crippen LogP contribution in [0.3, 0.4) is 0 Å². The smallest absolute Gasteiger partial charge is 0.325 e. The molecule has 0 bridgehead atoms. The number of halogens is 4. The molecule has 0 unspecified atom stereocenters. The summed E-state index contributed by atoms with van der Waals surface area (Å²) in [4.78, 5) is 6.57. The second-order valence-electron chi connectivity index (χ2n) is 4.11. The number of alkyl halides is 3. The van der Waals surface area contributed by atoms with E-state index >= 15 is 0 Å². The van der Waals surface area contributed by atoms with Crippen molar-refractivity contribution in [1.29, 1.82) is 0 Å². The Labute approximate surface area is 116 Å². The quantitative estimate of drug-likeness (QED) is 0.777. The van der Waals surface area contributed by atoms with E-state index in [1.165, 1.54) is 23.9 Å². The lowest BCUT2D eigenvalue weighted by Gasteiger charge is -2.14. The van der Waals surface area contributed by atoms with Crippen molar-refractivity contribution in [2.75, 3.05) is 13.1 Å². The Bertz CT molecular complexity index is 595. The number of hydrogen-bond donors (Lipinski definition) is 0. The van der Waals surface area contributed by atoms with Gasteiger partial charge in [-0.15, -0.1) is 0 Å². The molecule has 0 amide bonds. The zero-order valence-corrected chi connectivity index (χ0v) is 11.1. The summed E-state index contributed by atoms with van der Waals surface area (Å²) in [5.74, 6) is 0. The van der Waals surface area contributed by atoms with Crippen molar-refractivity contribution in [3.05, 3.63) is 40.5 Å². The molecule has 2 aliphatic heterocycles. The fraction of sp³-hybridized carbons (Fsp3) is 0.250. The van der Waals surface area contributed by atoms with E-state index in [1.54, 1.807) is 6.20 Å². The molecule has 1 aromatic carbocycles. The maximum absolute atomic E-state index is 13.0. The first-order valence-electron chi connectivity index (χ1n) is 5.53. The number of aliphatic imine (C=N–C) groups is 1. The van der Waals surface area contributed by atoms with Gasteiger partial charge in [-0.05, 0) is 23.9 Å². The molecular formula is C12H8ClF3N2S. The predicted molar refractivity (Wildman–Crippen MR) is 71.0 cm³/mol. The van der Waals surface area contributed by atoms with E-state index in [0.29, 0.717) is 18.0 Å². The topological polar surface area (TPSA) is 15.6 Å². The van der Waals surface area contributed by atoms with Gasteiger partial charge in [0, 0.05) is 28.2 Å². The van der Waals surface area contributed by atoms with E-state index in [1.807, 2.05) is 4.90 Å². The van der Waals surface area contributed by atoms with Crippen molar-refractivity contribution < 1.29 is 13.2 Å². The molecular weight excluding hydrogens is 297 g/mol. The number of nitrogens with zero attached hydrogens (tertiary/aromatic N) is 2. The third-order valence-electron chi connectivity index (χ3n) is 2.87. The zero-order chi connectivity index (χ0) is 13.6. The fourth-order valence-corrected chi connectivity index (χ4v) is 3.49. The molecule has 100 valence electrons. The standard InChI is InChI=1S/C12H8ClF3N2S/c13-8-3-1-2-7(12(14,15)16)10(8)9-6-18-5-4-17-11(18)19-9/h1-3,6H,4-5H2. The van der Waals surface area contributed by atoms with Crippen LogP contribution in [0.15, 0.2) is 29.4 Å². The van der Waals surface area contributed by atoms with E-state index in [-0.39, 0.29) is 10.6 Å². The van der Waals surface area contributed by atoms with Gasteiger partial charge >= 0.3 is 6.18 Å². The maximum Gasteiger partial charge on any atom is 0.417 e. The highest BCUT2D eigenvalue weighted by molar-refractivity contribution is 8.22. The van der Waals surface area contributed by atoms with E-state index in [9.17, 15) is 13.2 Å². The van der Waals surface area contributed by atoms with Crippen molar-refractivity contribution in [3.8, 4) is 0 Å². The summed E-state index contributed by atoms with van der Waals surface area (Å²) in [6.07, 6.45) is -2.73. The molecule has 0 atom stereocenters. The minimum atomic E-state index is -4.42. The van der Waals surface area contributed by atoms with Gasteiger partial charge in [-0.3, -0.25) is 4.99 Å². The first kappa shape index (κ1) is 12.9. The molecule has 19 heavy (non-hydrogen) atoms. The number of thioether (sulfide) groups is 1. The maximum atomic E-state index is 13.0. The summed E-state index contributed by atoms with van der Waals surface area (Å²) >= 11 is 7.19. The van der Waals surface area contributed by atoms with Crippen LogP contribution in [0.5, 0.6) is 0 Å². The molecule has 0 radical (unpaired) electrons. The summed E-state index contributed by atoms with van der Waals surface area (Å²) in [6, 6.07) is 3.83. The Balaban J connectivity index is 2.09. The van der Waals surface area contributed by atoms with Crippen molar-refractivity contribution >= 4 is 33.4 Å². The van der Waals surface area contributed by atoms with Crippen LogP contribution in [0.25, 0.3) is 4.91 Å². The second kappa shape index (κ2) is 4.45. The average molecular weight is 305 g/mol. The van der Waals surface area contributed by atoms with E-state index in [0.717, 1.165) is 11.2 Å². The van der Waals surface area contributed by atoms with Crippen molar-refractivity contribution in [3.63, 3.8) is 0 Å². The first-order chi connectivity index (χ1) is 8.97. The summed E-state index contributed by atoms with van der Waals surface area (Å²) in [5.41, 5.74) is -0.667. The van der Waals surface area contributed by atoms with Crippen LogP contribution in [0.4, 0.5) is 13.2 Å². The van der Waals surface area contributed by atoms with E-state index in [2.05, 4.69) is 4.99 Å². The molecule has 3 rings (SSSR count). The molecule has 1 aromatic rings. The van der Waals surface area contributed by atoms with Gasteiger partial charge in [0.05, 0.1) is 12.1 Å². The van der Waals surface area contributed by atoms with Gasteiger partial charge in [-0.2, -0.15) is 13.2 Å². The molecule has 0 aromatic heterocycles. The molecule has 0 saturated carbocycles. The summed E-state index contributed by atoms with van der Waals surface area (Å²) < 4.78 is 39.1. The van der Waals surface area contributed by atoms with Crippen LogP contribution in [0, 0.1) is 0 Å². The lowest BCUT2D eigenvalue weighted by Crippen LogP contribution is -2.14. The van der Waals surface area contributed by atoms with E-state index < -0.39 is 11.7 Å². The highest BCUT2D eigenvalue weighted by atomic mass is 35.5. The highest BCUT2D eigenvalue weighted by Gasteiger charge is 2.37. The van der Waals surface area contributed by atoms with Gasteiger partial charge in [0.2, 0.25) is 0 Å². The van der Waals surface area contributed by atoms with Crippen LogP contribution in [-0.2, 0) is 6.18 Å². The minimum absolute atomic E-state index is 0.0405. The van der Waals surface area contributed by atoms with Crippen LogP contribution in [-0.4, -0.2) is 23.2 Å². The molecule has 0 aliphatic carbocycles. The molecule has 7 heteroatoms. The monoisotopic (exact) mass is 304 g/mol. The lowest BCUT2D eigenvalue weighted by atomic mass is 10.1. The van der Waals surface area contributed by atoms with Gasteiger partial charge in [-0.25, -0.2) is 0 Å². The Hall–Kier alpha value is -1.14. The van der Waals surface area contributed by atoms with Gasteiger partial charge in [0.25, 0.3) is 0 Å². The minimum Gasteiger partial charge on any atom is -0.325 e. The molecule has 0 N–H and O–H groups in total. The van der Waals surface area contributed by atoms with Gasteiger partial charge in [-0.1, -0.05) is 17.7 Å². The largest absolute Gasteiger partial charge is 0.417 e. The molecule has 0 spiro atoms. The van der Waals surface area contributed by atoms with Crippen LogP contribution in [0.1, 0.15) is 11.1 Å². The lowest BCUT2D eigenvalue weighted by molar-refractivity contribution is -0.137. The first-order valence-corrected chi connectivity index (χ1v) is 6.73. The summed E-state index contributed by atoms with van der Waals surface area (Å²) in [7, 11) is 0. The number of hydrogen-bond acceptors (Lipinski definition) is 3. The summed E-state index contributed by atoms with van der Waals surface area (Å²) in [5, 5.41) is 0.846. The SMILES string of the molecule is FC(F)(F)c1cccc(Cl)c1C1=CN2CCN=C2S1. The Morgan fingerprint density at radius 3 is 2.79 bits per heavy atom. The Morgan fingerprint density at radius 1 is 1.32 bits per heavy atom. The third-order valence-corrected chi connectivity index (χ3v) is 4.26. The number of amidine groups is 1. The van der Waals surface area contributed by atoms with Gasteiger partial charge < -0.3 is 4.90 Å².